The Kier molecular flexibility index (Phi) is 4.79. The van der Waals surface area contributed by atoms with Crippen LogP contribution in [0.1, 0.15) is 26.2 Å². The first kappa shape index (κ1) is 16.9. The van der Waals surface area contributed by atoms with Crippen LogP contribution in [0.25, 0.3) is 22.4 Å². The Labute approximate surface area is 153 Å². The third kappa shape index (κ3) is 3.26. The summed E-state index contributed by atoms with van der Waals surface area (Å²) in [5, 5.41) is 5.39. The van der Waals surface area contributed by atoms with Gasteiger partial charge < -0.3 is 9.64 Å². The highest BCUT2D eigenvalue weighted by Gasteiger charge is 2.24. The molecule has 3 aromatic heterocycles. The molecule has 3 aromatic rings. The maximum atomic E-state index is 6.00. The predicted octanol–water partition coefficient (Wildman–Crippen LogP) is 2.82. The van der Waals surface area contributed by atoms with Gasteiger partial charge >= 0.3 is 0 Å². The number of hydrogen-bond donors (Lipinski definition) is 0. The van der Waals surface area contributed by atoms with Crippen LogP contribution < -0.4 is 4.90 Å². The molecule has 4 rings (SSSR count). The van der Waals surface area contributed by atoms with Crippen LogP contribution in [-0.2, 0) is 11.8 Å². The maximum absolute atomic E-state index is 6.00. The van der Waals surface area contributed by atoms with Gasteiger partial charge in [0, 0.05) is 44.7 Å². The molecule has 1 fully saturated rings. The van der Waals surface area contributed by atoms with Crippen LogP contribution in [0.3, 0.4) is 0 Å². The summed E-state index contributed by atoms with van der Waals surface area (Å²) in [5.74, 6) is 1.65. The lowest BCUT2D eigenvalue weighted by Gasteiger charge is -2.33. The highest BCUT2D eigenvalue weighted by atomic mass is 16.5. The highest BCUT2D eigenvalue weighted by molar-refractivity contribution is 5.88. The lowest BCUT2D eigenvalue weighted by Crippen LogP contribution is -2.40. The van der Waals surface area contributed by atoms with Crippen LogP contribution in [0, 0.1) is 0 Å². The van der Waals surface area contributed by atoms with E-state index in [9.17, 15) is 0 Å². The summed E-state index contributed by atoms with van der Waals surface area (Å²) in [6.45, 7) is 4.79. The molecule has 136 valence electrons. The third-order valence-electron chi connectivity index (χ3n) is 4.75. The van der Waals surface area contributed by atoms with Gasteiger partial charge in [0.1, 0.15) is 5.82 Å². The molecule has 0 aliphatic carbocycles. The minimum Gasteiger partial charge on any atom is -0.376 e. The van der Waals surface area contributed by atoms with Gasteiger partial charge in [-0.15, -0.1) is 0 Å². The molecule has 1 aliphatic heterocycles. The number of hydrogen-bond acceptors (Lipinski definition) is 6. The second kappa shape index (κ2) is 7.37. The lowest BCUT2D eigenvalue weighted by molar-refractivity contribution is 0.0440. The molecule has 1 aliphatic rings. The monoisotopic (exact) mass is 352 g/mol. The van der Waals surface area contributed by atoms with E-state index in [2.05, 4.69) is 21.9 Å². The number of nitrogens with zero attached hydrogens (tertiary/aromatic N) is 6. The smallest absolute Gasteiger partial charge is 0.164 e. The van der Waals surface area contributed by atoms with Gasteiger partial charge in [-0.3, -0.25) is 9.67 Å². The first-order valence-corrected chi connectivity index (χ1v) is 9.23. The Morgan fingerprint density at radius 3 is 2.88 bits per heavy atom. The fourth-order valence-corrected chi connectivity index (χ4v) is 3.43. The molecule has 0 bridgehead atoms. The van der Waals surface area contributed by atoms with Crippen molar-refractivity contribution in [3.8, 4) is 11.4 Å². The molecule has 4 heterocycles. The average Bonchev–Trinajstić information content (AvgIpc) is 3.07. The van der Waals surface area contributed by atoms with Crippen LogP contribution in [-0.4, -0.2) is 50.5 Å². The molecule has 0 N–H and O–H groups in total. The number of fused-ring (bicyclic) bond motifs is 1. The summed E-state index contributed by atoms with van der Waals surface area (Å²) in [6, 6.07) is 3.87. The summed E-state index contributed by atoms with van der Waals surface area (Å²) in [6.07, 6.45) is 8.90. The molecule has 7 heteroatoms. The lowest BCUT2D eigenvalue weighted by atomic mass is 10.1. The first-order chi connectivity index (χ1) is 12.8. The molecular formula is C19H24N6O. The van der Waals surface area contributed by atoms with Crippen molar-refractivity contribution in [1.82, 2.24) is 24.7 Å². The van der Waals surface area contributed by atoms with E-state index in [0.29, 0.717) is 5.82 Å². The largest absolute Gasteiger partial charge is 0.376 e. The van der Waals surface area contributed by atoms with Crippen molar-refractivity contribution >= 4 is 16.9 Å². The van der Waals surface area contributed by atoms with Crippen molar-refractivity contribution < 1.29 is 4.74 Å². The summed E-state index contributed by atoms with van der Waals surface area (Å²) >= 11 is 0. The molecule has 0 spiro atoms. The van der Waals surface area contributed by atoms with E-state index in [-0.39, 0.29) is 6.10 Å². The summed E-state index contributed by atoms with van der Waals surface area (Å²) in [4.78, 5) is 16.0. The topological polar surface area (TPSA) is 69.0 Å². The number of aryl methyl sites for hydroxylation is 1. The Bertz CT molecular complexity index is 878. The maximum Gasteiger partial charge on any atom is 0.164 e. The molecule has 0 aromatic carbocycles. The summed E-state index contributed by atoms with van der Waals surface area (Å²) in [7, 11) is 1.92. The van der Waals surface area contributed by atoms with Gasteiger partial charge in [-0.1, -0.05) is 6.92 Å². The van der Waals surface area contributed by atoms with E-state index in [1.165, 1.54) is 0 Å². The number of ether oxygens (including phenoxy) is 1. The second-order valence-electron chi connectivity index (χ2n) is 6.69. The zero-order chi connectivity index (χ0) is 17.9. The zero-order valence-electron chi connectivity index (χ0n) is 15.3. The Balaban J connectivity index is 1.74. The van der Waals surface area contributed by atoms with Crippen molar-refractivity contribution in [3.05, 3.63) is 30.7 Å². The number of pyridine rings is 1. The SMILES string of the molecule is CCCO[C@H]1CCCN(c2nc(-c3ccncc3)nc3c2cnn3C)C1. The van der Waals surface area contributed by atoms with Gasteiger partial charge in [0.15, 0.2) is 11.5 Å². The standard InChI is InChI=1S/C19H24N6O/c1-3-11-26-15-5-4-10-25(13-15)19-16-12-21-24(2)18(16)22-17(23-19)14-6-8-20-9-7-14/h6-9,12,15H,3-5,10-11,13H2,1-2H3/t15-/m0/s1. The average molecular weight is 352 g/mol. The molecule has 1 saturated heterocycles. The quantitative estimate of drug-likeness (QED) is 0.703. The Morgan fingerprint density at radius 2 is 2.08 bits per heavy atom. The molecule has 0 saturated carbocycles. The predicted molar refractivity (Wildman–Crippen MR) is 101 cm³/mol. The van der Waals surface area contributed by atoms with E-state index in [4.69, 9.17) is 14.7 Å². The van der Waals surface area contributed by atoms with Crippen molar-refractivity contribution in [2.45, 2.75) is 32.3 Å². The van der Waals surface area contributed by atoms with Gasteiger partial charge in [-0.05, 0) is 31.4 Å². The molecule has 7 nitrogen and oxygen atoms in total. The minimum atomic E-state index is 0.259. The molecular weight excluding hydrogens is 328 g/mol. The zero-order valence-corrected chi connectivity index (χ0v) is 15.3. The Hall–Kier alpha value is -2.54. The van der Waals surface area contributed by atoms with E-state index < -0.39 is 0 Å². The number of aromatic nitrogens is 5. The fourth-order valence-electron chi connectivity index (χ4n) is 3.43. The summed E-state index contributed by atoms with van der Waals surface area (Å²) < 4.78 is 7.81. The Morgan fingerprint density at radius 1 is 1.23 bits per heavy atom. The molecule has 0 radical (unpaired) electrons. The molecule has 1 atom stereocenters. The van der Waals surface area contributed by atoms with E-state index in [0.717, 1.165) is 61.4 Å². The molecule has 26 heavy (non-hydrogen) atoms. The van der Waals surface area contributed by atoms with Gasteiger partial charge in [-0.2, -0.15) is 5.10 Å². The van der Waals surface area contributed by atoms with E-state index in [1.54, 1.807) is 17.1 Å². The molecule has 0 amide bonds. The normalized spacial score (nSPS) is 17.8. The number of piperidine rings is 1. The van der Waals surface area contributed by atoms with E-state index >= 15 is 0 Å². The van der Waals surface area contributed by atoms with Crippen LogP contribution >= 0.6 is 0 Å². The van der Waals surface area contributed by atoms with Crippen LogP contribution in [0.2, 0.25) is 0 Å². The summed E-state index contributed by atoms with van der Waals surface area (Å²) in [5.41, 5.74) is 1.80. The van der Waals surface area contributed by atoms with Crippen molar-refractivity contribution in [1.29, 1.82) is 0 Å². The third-order valence-corrected chi connectivity index (χ3v) is 4.75. The van der Waals surface area contributed by atoms with Gasteiger partial charge in [-0.25, -0.2) is 9.97 Å². The van der Waals surface area contributed by atoms with Crippen molar-refractivity contribution in [2.24, 2.45) is 7.05 Å². The van der Waals surface area contributed by atoms with Gasteiger partial charge in [0.2, 0.25) is 0 Å². The van der Waals surface area contributed by atoms with Crippen LogP contribution in [0.15, 0.2) is 30.7 Å². The first-order valence-electron chi connectivity index (χ1n) is 9.23. The van der Waals surface area contributed by atoms with Crippen molar-refractivity contribution in [3.63, 3.8) is 0 Å². The van der Waals surface area contributed by atoms with Crippen molar-refractivity contribution in [2.75, 3.05) is 24.6 Å². The fraction of sp³-hybridized carbons (Fsp3) is 0.474. The second-order valence-corrected chi connectivity index (χ2v) is 6.69. The number of anilines is 1. The highest BCUT2D eigenvalue weighted by Crippen LogP contribution is 2.29. The minimum absolute atomic E-state index is 0.259. The van der Waals surface area contributed by atoms with Gasteiger partial charge in [0.25, 0.3) is 0 Å². The van der Waals surface area contributed by atoms with Gasteiger partial charge in [0.05, 0.1) is 17.7 Å². The molecule has 0 unspecified atom stereocenters. The van der Waals surface area contributed by atoms with Crippen LogP contribution in [0.4, 0.5) is 5.82 Å². The van der Waals surface area contributed by atoms with E-state index in [1.807, 2.05) is 25.4 Å². The van der Waals surface area contributed by atoms with Crippen LogP contribution in [0.5, 0.6) is 0 Å². The number of rotatable bonds is 5.